The van der Waals surface area contributed by atoms with E-state index in [0.29, 0.717) is 6.54 Å². The highest BCUT2D eigenvalue weighted by Gasteiger charge is 2.16. The Kier molecular flexibility index (Phi) is 4.16. The normalized spacial score (nSPS) is 13.0. The van der Waals surface area contributed by atoms with Crippen molar-refractivity contribution in [1.82, 2.24) is 14.9 Å². The lowest BCUT2D eigenvalue weighted by atomic mass is 10.1. The van der Waals surface area contributed by atoms with Gasteiger partial charge < -0.3 is 10.1 Å². The van der Waals surface area contributed by atoms with Crippen LogP contribution in [0, 0.1) is 5.92 Å². The first-order valence-electron chi connectivity index (χ1n) is 6.48. The molecule has 0 aliphatic heterocycles. The Morgan fingerprint density at radius 1 is 1.58 bits per heavy atom. The largest absolute Gasteiger partial charge is 0.481 e. The summed E-state index contributed by atoms with van der Waals surface area (Å²) >= 11 is 0. The van der Waals surface area contributed by atoms with Gasteiger partial charge in [0.1, 0.15) is 5.65 Å². The Morgan fingerprint density at radius 3 is 3.05 bits per heavy atom. The second kappa shape index (κ2) is 5.84. The van der Waals surface area contributed by atoms with Crippen LogP contribution in [0.1, 0.15) is 19.4 Å². The Morgan fingerprint density at radius 2 is 2.37 bits per heavy atom. The Labute approximate surface area is 112 Å². The number of fused-ring (bicyclic) bond motifs is 1. The van der Waals surface area contributed by atoms with Crippen LogP contribution in [0.3, 0.4) is 0 Å². The van der Waals surface area contributed by atoms with E-state index >= 15 is 0 Å². The summed E-state index contributed by atoms with van der Waals surface area (Å²) in [6.45, 7) is 5.90. The van der Waals surface area contributed by atoms with Crippen molar-refractivity contribution in [3.63, 3.8) is 0 Å². The first-order chi connectivity index (χ1) is 9.11. The molecule has 19 heavy (non-hydrogen) atoms. The molecule has 0 fully saturated rings. The lowest BCUT2D eigenvalue weighted by Crippen LogP contribution is -2.31. The number of pyridine rings is 1. The summed E-state index contributed by atoms with van der Waals surface area (Å²) in [5, 5.41) is 10.1. The number of aromatic nitrogens is 2. The van der Waals surface area contributed by atoms with Crippen molar-refractivity contribution >= 4 is 17.0 Å². The molecule has 0 saturated carbocycles. The summed E-state index contributed by atoms with van der Waals surface area (Å²) in [4.78, 5) is 20.5. The van der Waals surface area contributed by atoms with Crippen molar-refractivity contribution in [1.29, 1.82) is 0 Å². The Hall–Kier alpha value is -1.88. The molecule has 2 aromatic rings. The quantitative estimate of drug-likeness (QED) is 0.835. The maximum Gasteiger partial charge on any atom is 0.307 e. The predicted octanol–water partition coefficient (Wildman–Crippen LogP) is 2.11. The number of aliphatic carboxylic acids is 1. The van der Waals surface area contributed by atoms with Crippen LogP contribution in [0.15, 0.2) is 24.5 Å². The molecule has 0 bridgehead atoms. The Bertz CT molecular complexity index is 565. The summed E-state index contributed by atoms with van der Waals surface area (Å²) in [5.41, 5.74) is 2.03. The fourth-order valence-corrected chi connectivity index (χ4v) is 2.16. The van der Waals surface area contributed by atoms with Crippen LogP contribution in [-0.2, 0) is 11.3 Å². The number of aromatic amines is 1. The standard InChI is InChI=1S/C14H19N3O2/c1-3-17(8-10(2)14(18)19)9-11-7-16-13-12(11)5-4-6-15-13/h4-7,10H,3,8-9H2,1-2H3,(H,15,16)(H,18,19). The zero-order valence-corrected chi connectivity index (χ0v) is 11.3. The van der Waals surface area contributed by atoms with Gasteiger partial charge in [0.25, 0.3) is 0 Å². The van der Waals surface area contributed by atoms with Gasteiger partial charge in [0.2, 0.25) is 0 Å². The summed E-state index contributed by atoms with van der Waals surface area (Å²) in [5.74, 6) is -1.11. The van der Waals surface area contributed by atoms with E-state index in [1.165, 1.54) is 0 Å². The molecule has 102 valence electrons. The first kappa shape index (κ1) is 13.5. The zero-order chi connectivity index (χ0) is 13.8. The van der Waals surface area contributed by atoms with Gasteiger partial charge in [-0.2, -0.15) is 0 Å². The Balaban J connectivity index is 2.12. The van der Waals surface area contributed by atoms with Crippen LogP contribution >= 0.6 is 0 Å². The molecule has 5 nitrogen and oxygen atoms in total. The molecule has 2 aromatic heterocycles. The predicted molar refractivity (Wildman–Crippen MR) is 73.8 cm³/mol. The van der Waals surface area contributed by atoms with Crippen LogP contribution in [-0.4, -0.2) is 39.0 Å². The van der Waals surface area contributed by atoms with Crippen molar-refractivity contribution in [2.24, 2.45) is 5.92 Å². The minimum Gasteiger partial charge on any atom is -0.481 e. The summed E-state index contributed by atoms with van der Waals surface area (Å²) < 4.78 is 0. The molecule has 5 heteroatoms. The molecule has 2 rings (SSSR count). The van der Waals surface area contributed by atoms with Gasteiger partial charge in [0.15, 0.2) is 0 Å². The van der Waals surface area contributed by atoms with E-state index in [1.807, 2.05) is 25.3 Å². The van der Waals surface area contributed by atoms with Crippen molar-refractivity contribution in [3.05, 3.63) is 30.1 Å². The average Bonchev–Trinajstić information content (AvgIpc) is 2.81. The fraction of sp³-hybridized carbons (Fsp3) is 0.429. The van der Waals surface area contributed by atoms with Gasteiger partial charge in [-0.15, -0.1) is 0 Å². The van der Waals surface area contributed by atoms with Gasteiger partial charge in [-0.1, -0.05) is 13.8 Å². The first-order valence-corrected chi connectivity index (χ1v) is 6.48. The molecule has 0 radical (unpaired) electrons. The van der Waals surface area contributed by atoms with Gasteiger partial charge in [0, 0.05) is 30.9 Å². The van der Waals surface area contributed by atoms with E-state index in [2.05, 4.69) is 14.9 Å². The van der Waals surface area contributed by atoms with E-state index in [-0.39, 0.29) is 5.92 Å². The van der Waals surface area contributed by atoms with E-state index < -0.39 is 5.97 Å². The number of H-pyrrole nitrogens is 1. The molecular weight excluding hydrogens is 242 g/mol. The van der Waals surface area contributed by atoms with Crippen molar-refractivity contribution < 1.29 is 9.90 Å². The second-order valence-electron chi connectivity index (χ2n) is 4.78. The minimum atomic E-state index is -0.751. The van der Waals surface area contributed by atoms with Crippen LogP contribution in [0.25, 0.3) is 11.0 Å². The zero-order valence-electron chi connectivity index (χ0n) is 11.3. The summed E-state index contributed by atoms with van der Waals surface area (Å²) in [7, 11) is 0. The fourth-order valence-electron chi connectivity index (χ4n) is 2.16. The van der Waals surface area contributed by atoms with Crippen LogP contribution in [0.2, 0.25) is 0 Å². The topological polar surface area (TPSA) is 69.2 Å². The number of hydrogen-bond acceptors (Lipinski definition) is 3. The monoisotopic (exact) mass is 261 g/mol. The molecule has 0 saturated heterocycles. The molecule has 0 aromatic carbocycles. The number of nitrogens with one attached hydrogen (secondary N) is 1. The highest BCUT2D eigenvalue weighted by molar-refractivity contribution is 5.79. The molecule has 1 atom stereocenters. The van der Waals surface area contributed by atoms with E-state index in [4.69, 9.17) is 5.11 Å². The third-order valence-electron chi connectivity index (χ3n) is 3.33. The lowest BCUT2D eigenvalue weighted by Gasteiger charge is -2.22. The van der Waals surface area contributed by atoms with Gasteiger partial charge in [-0.05, 0) is 24.2 Å². The van der Waals surface area contributed by atoms with E-state index in [9.17, 15) is 4.79 Å². The SMILES string of the molecule is CCN(Cc1c[nH]c2ncccc12)CC(C)C(=O)O. The molecule has 0 aliphatic rings. The van der Waals surface area contributed by atoms with Crippen LogP contribution < -0.4 is 0 Å². The van der Waals surface area contributed by atoms with Crippen LogP contribution in [0.5, 0.6) is 0 Å². The van der Waals surface area contributed by atoms with Crippen molar-refractivity contribution in [2.45, 2.75) is 20.4 Å². The molecule has 0 spiro atoms. The summed E-state index contributed by atoms with van der Waals surface area (Å²) in [6, 6.07) is 3.94. The number of carboxylic acids is 1. The molecule has 2 heterocycles. The van der Waals surface area contributed by atoms with Gasteiger partial charge >= 0.3 is 5.97 Å². The average molecular weight is 261 g/mol. The minimum absolute atomic E-state index is 0.358. The molecule has 2 N–H and O–H groups in total. The summed E-state index contributed by atoms with van der Waals surface area (Å²) in [6.07, 6.45) is 3.71. The molecule has 0 amide bonds. The lowest BCUT2D eigenvalue weighted by molar-refractivity contribution is -0.141. The number of nitrogens with zero attached hydrogens (tertiary/aromatic N) is 2. The second-order valence-corrected chi connectivity index (χ2v) is 4.78. The van der Waals surface area contributed by atoms with Crippen molar-refractivity contribution in [2.75, 3.05) is 13.1 Å². The maximum absolute atomic E-state index is 10.9. The molecule has 1 unspecified atom stereocenters. The number of carbonyl (C=O) groups is 1. The number of hydrogen-bond donors (Lipinski definition) is 2. The van der Waals surface area contributed by atoms with Crippen molar-refractivity contribution in [3.8, 4) is 0 Å². The highest BCUT2D eigenvalue weighted by atomic mass is 16.4. The highest BCUT2D eigenvalue weighted by Crippen LogP contribution is 2.18. The number of rotatable bonds is 6. The van der Waals surface area contributed by atoms with E-state index in [1.54, 1.807) is 13.1 Å². The molecule has 0 aliphatic carbocycles. The van der Waals surface area contributed by atoms with E-state index in [0.717, 1.165) is 29.7 Å². The van der Waals surface area contributed by atoms with Gasteiger partial charge in [-0.25, -0.2) is 4.98 Å². The number of carboxylic acid groups (broad SMARTS) is 1. The smallest absolute Gasteiger partial charge is 0.307 e. The third-order valence-corrected chi connectivity index (χ3v) is 3.33. The van der Waals surface area contributed by atoms with Gasteiger partial charge in [0.05, 0.1) is 5.92 Å². The third kappa shape index (κ3) is 3.12. The molecular formula is C14H19N3O2. The van der Waals surface area contributed by atoms with Crippen LogP contribution in [0.4, 0.5) is 0 Å². The van der Waals surface area contributed by atoms with Gasteiger partial charge in [-0.3, -0.25) is 9.69 Å². The maximum atomic E-state index is 10.9.